The summed E-state index contributed by atoms with van der Waals surface area (Å²) in [5.74, 6) is 1.45. The molecular formula is C15H17ClN2O3. The van der Waals surface area contributed by atoms with Gasteiger partial charge < -0.3 is 15.0 Å². The van der Waals surface area contributed by atoms with Gasteiger partial charge in [-0.1, -0.05) is 11.6 Å². The van der Waals surface area contributed by atoms with Gasteiger partial charge in [0.1, 0.15) is 5.94 Å². The topological polar surface area (TPSA) is 58.6 Å². The summed E-state index contributed by atoms with van der Waals surface area (Å²) < 4.78 is 5.31. The van der Waals surface area contributed by atoms with Crippen LogP contribution in [0, 0.1) is 0 Å². The minimum atomic E-state index is -0.258. The summed E-state index contributed by atoms with van der Waals surface area (Å²) in [4.78, 5) is 24.2. The summed E-state index contributed by atoms with van der Waals surface area (Å²) in [5, 5.41) is 3.29. The average molecular weight is 309 g/mol. The van der Waals surface area contributed by atoms with E-state index < -0.39 is 0 Å². The molecule has 6 heteroatoms. The van der Waals surface area contributed by atoms with Crippen molar-refractivity contribution in [3.05, 3.63) is 28.8 Å². The third-order valence-corrected chi connectivity index (χ3v) is 3.49. The molecule has 0 aliphatic carbocycles. The van der Waals surface area contributed by atoms with Gasteiger partial charge in [0.15, 0.2) is 0 Å². The average Bonchev–Trinajstić information content (AvgIpc) is 2.48. The zero-order chi connectivity index (χ0) is 15.2. The minimum Gasteiger partial charge on any atom is -0.378 e. The maximum Gasteiger partial charge on any atom is 0.229 e. The van der Waals surface area contributed by atoms with Crippen LogP contribution in [0.25, 0.3) is 0 Å². The van der Waals surface area contributed by atoms with E-state index >= 15 is 0 Å². The Morgan fingerprint density at radius 3 is 2.76 bits per heavy atom. The van der Waals surface area contributed by atoms with Crippen LogP contribution in [0.1, 0.15) is 13.3 Å². The van der Waals surface area contributed by atoms with E-state index in [1.807, 2.05) is 6.07 Å². The number of nitrogens with one attached hydrogen (secondary N) is 1. The Bertz CT molecular complexity index is 576. The molecule has 1 N–H and O–H groups in total. The summed E-state index contributed by atoms with van der Waals surface area (Å²) in [6, 6.07) is 5.39. The number of benzene rings is 1. The molecular weight excluding hydrogens is 292 g/mol. The maximum absolute atomic E-state index is 11.7. The number of carbonyl (C=O) groups is 1. The van der Waals surface area contributed by atoms with Gasteiger partial charge in [0.05, 0.1) is 30.3 Å². The van der Waals surface area contributed by atoms with Crippen LogP contribution in [0.4, 0.5) is 11.4 Å². The molecule has 0 unspecified atom stereocenters. The van der Waals surface area contributed by atoms with E-state index in [2.05, 4.69) is 10.2 Å². The molecule has 1 saturated heterocycles. The van der Waals surface area contributed by atoms with Crippen LogP contribution in [0.2, 0.25) is 5.02 Å². The van der Waals surface area contributed by atoms with Crippen molar-refractivity contribution in [1.29, 1.82) is 0 Å². The van der Waals surface area contributed by atoms with Crippen LogP contribution >= 0.6 is 11.6 Å². The summed E-state index contributed by atoms with van der Waals surface area (Å²) in [6.07, 6.45) is 0.0341. The Morgan fingerprint density at radius 2 is 2.14 bits per heavy atom. The first-order valence-electron chi connectivity index (χ1n) is 6.73. The quantitative estimate of drug-likeness (QED) is 0.867. The van der Waals surface area contributed by atoms with Crippen LogP contribution in [0.15, 0.2) is 23.8 Å². The fourth-order valence-electron chi connectivity index (χ4n) is 2.13. The SMILES string of the molecule is CC(=C=O)CC(=O)Nc1ccc(N2CCOCC2)c(Cl)c1. The highest BCUT2D eigenvalue weighted by Gasteiger charge is 2.14. The molecule has 1 fully saturated rings. The van der Waals surface area contributed by atoms with Crippen LogP contribution in [0.3, 0.4) is 0 Å². The zero-order valence-electron chi connectivity index (χ0n) is 11.8. The molecule has 0 atom stereocenters. The van der Waals surface area contributed by atoms with Crippen molar-refractivity contribution in [2.75, 3.05) is 36.5 Å². The third kappa shape index (κ3) is 4.33. The first kappa shape index (κ1) is 15.6. The number of anilines is 2. The molecule has 0 radical (unpaired) electrons. The second kappa shape index (κ2) is 7.27. The second-order valence-electron chi connectivity index (χ2n) is 4.87. The monoisotopic (exact) mass is 308 g/mol. The van der Waals surface area contributed by atoms with Crippen molar-refractivity contribution in [3.8, 4) is 0 Å². The number of ether oxygens (including phenoxy) is 1. The summed E-state index contributed by atoms with van der Waals surface area (Å²) in [7, 11) is 0. The summed E-state index contributed by atoms with van der Waals surface area (Å²) in [6.45, 7) is 4.54. The van der Waals surface area contributed by atoms with E-state index in [9.17, 15) is 9.59 Å². The number of nitrogens with zero attached hydrogens (tertiary/aromatic N) is 1. The molecule has 5 nitrogen and oxygen atoms in total. The van der Waals surface area contributed by atoms with Gasteiger partial charge in [-0.25, -0.2) is 4.79 Å². The van der Waals surface area contributed by atoms with Crippen molar-refractivity contribution in [3.63, 3.8) is 0 Å². The predicted octanol–water partition coefficient (Wildman–Crippen LogP) is 2.28. The van der Waals surface area contributed by atoms with Gasteiger partial charge in [-0.15, -0.1) is 0 Å². The van der Waals surface area contributed by atoms with Crippen molar-refractivity contribution in [2.45, 2.75) is 13.3 Å². The number of hydrogen-bond acceptors (Lipinski definition) is 4. The lowest BCUT2D eigenvalue weighted by molar-refractivity contribution is -0.115. The maximum atomic E-state index is 11.7. The van der Waals surface area contributed by atoms with E-state index in [4.69, 9.17) is 16.3 Å². The van der Waals surface area contributed by atoms with Crippen molar-refractivity contribution >= 4 is 34.8 Å². The molecule has 1 aromatic carbocycles. The lowest BCUT2D eigenvalue weighted by atomic mass is 10.2. The highest BCUT2D eigenvalue weighted by atomic mass is 35.5. The predicted molar refractivity (Wildman–Crippen MR) is 82.6 cm³/mol. The molecule has 1 aromatic rings. The normalized spacial score (nSPS) is 14.5. The van der Waals surface area contributed by atoms with E-state index in [0.717, 1.165) is 18.8 Å². The molecule has 1 aliphatic rings. The van der Waals surface area contributed by atoms with Gasteiger partial charge in [-0.05, 0) is 25.1 Å². The Morgan fingerprint density at radius 1 is 1.43 bits per heavy atom. The number of halogens is 1. The third-order valence-electron chi connectivity index (χ3n) is 3.18. The zero-order valence-corrected chi connectivity index (χ0v) is 12.6. The summed E-state index contributed by atoms with van der Waals surface area (Å²) in [5.41, 5.74) is 1.91. The van der Waals surface area contributed by atoms with Gasteiger partial charge in [-0.2, -0.15) is 0 Å². The Balaban J connectivity index is 2.04. The molecule has 0 saturated carbocycles. The van der Waals surface area contributed by atoms with E-state index in [-0.39, 0.29) is 12.3 Å². The first-order valence-corrected chi connectivity index (χ1v) is 7.10. The first-order chi connectivity index (χ1) is 10.1. The number of carbonyl (C=O) groups excluding carboxylic acids is 2. The fraction of sp³-hybridized carbons (Fsp3) is 0.400. The van der Waals surface area contributed by atoms with Gasteiger partial charge in [-0.3, -0.25) is 4.79 Å². The molecule has 0 bridgehead atoms. The minimum absolute atomic E-state index is 0.0341. The number of hydrogen-bond donors (Lipinski definition) is 1. The number of amides is 1. The largest absolute Gasteiger partial charge is 0.378 e. The molecule has 21 heavy (non-hydrogen) atoms. The van der Waals surface area contributed by atoms with Gasteiger partial charge >= 0.3 is 0 Å². The van der Waals surface area contributed by atoms with Crippen molar-refractivity contribution < 1.29 is 14.3 Å². The molecule has 1 amide bonds. The van der Waals surface area contributed by atoms with Gasteiger partial charge in [0, 0.05) is 24.4 Å². The molecule has 1 heterocycles. The highest BCUT2D eigenvalue weighted by Crippen LogP contribution is 2.29. The lowest BCUT2D eigenvalue weighted by Gasteiger charge is -2.29. The molecule has 0 aromatic heterocycles. The lowest BCUT2D eigenvalue weighted by Crippen LogP contribution is -2.36. The van der Waals surface area contributed by atoms with Crippen molar-refractivity contribution in [2.24, 2.45) is 0 Å². The summed E-state index contributed by atoms with van der Waals surface area (Å²) >= 11 is 6.28. The standard InChI is InChI=1S/C15H17ClN2O3/c1-11(10-19)8-15(20)17-12-2-3-14(13(16)9-12)18-4-6-21-7-5-18/h2-3,9H,4-8H2,1H3,(H,17,20). The van der Waals surface area contributed by atoms with Crippen LogP contribution < -0.4 is 10.2 Å². The number of morpholine rings is 1. The Labute approximate surface area is 128 Å². The molecule has 2 rings (SSSR count). The van der Waals surface area contributed by atoms with E-state index in [0.29, 0.717) is 29.5 Å². The molecule has 1 aliphatic heterocycles. The van der Waals surface area contributed by atoms with Crippen LogP contribution in [-0.2, 0) is 14.3 Å². The van der Waals surface area contributed by atoms with E-state index in [1.165, 1.54) is 0 Å². The van der Waals surface area contributed by atoms with E-state index in [1.54, 1.807) is 25.0 Å². The van der Waals surface area contributed by atoms with Crippen LogP contribution in [-0.4, -0.2) is 38.2 Å². The Kier molecular flexibility index (Phi) is 5.39. The number of rotatable bonds is 4. The smallest absolute Gasteiger partial charge is 0.229 e. The molecule has 112 valence electrons. The van der Waals surface area contributed by atoms with Crippen molar-refractivity contribution in [1.82, 2.24) is 0 Å². The van der Waals surface area contributed by atoms with Gasteiger partial charge in [0.25, 0.3) is 0 Å². The highest BCUT2D eigenvalue weighted by molar-refractivity contribution is 6.33. The second-order valence-corrected chi connectivity index (χ2v) is 5.28. The van der Waals surface area contributed by atoms with Crippen LogP contribution in [0.5, 0.6) is 0 Å². The van der Waals surface area contributed by atoms with Gasteiger partial charge in [0.2, 0.25) is 5.91 Å². The Hall–Kier alpha value is -1.81. The fourth-order valence-corrected chi connectivity index (χ4v) is 2.43. The molecule has 0 spiro atoms.